The van der Waals surface area contributed by atoms with Crippen molar-refractivity contribution in [3.05, 3.63) is 96.3 Å². The van der Waals surface area contributed by atoms with Gasteiger partial charge in [-0.15, -0.1) is 0 Å². The third-order valence-electron chi connectivity index (χ3n) is 5.82. The molecule has 1 radical (unpaired) electrons. The Morgan fingerprint density at radius 1 is 1.06 bits per heavy atom. The maximum Gasteiger partial charge on any atom is 0.315 e. The Morgan fingerprint density at radius 2 is 1.73 bits per heavy atom. The number of benzene rings is 3. The van der Waals surface area contributed by atoms with Crippen molar-refractivity contribution in [1.29, 1.82) is 5.41 Å². The molecule has 1 atom stereocenters. The molecule has 0 spiro atoms. The average Bonchev–Trinajstić information content (AvgIpc) is 3.05. The van der Waals surface area contributed by atoms with Gasteiger partial charge in [-0.3, -0.25) is 14.8 Å². The first kappa shape index (κ1) is 43.8. The van der Waals surface area contributed by atoms with E-state index in [1.54, 1.807) is 12.1 Å². The second-order valence-corrected chi connectivity index (χ2v) is 12.2. The number of amidine groups is 1. The standard InChI is InChI=1S/C15H19FN6O7S2.C8H9NO.C7H8N2.Cu/c1-2-29-30(24)6-5-28-4-3-18-14-20-13(16)21-15(22-14)19-11-8-9(31(25,26)27)7-10(17)12(11)23;1-6-2-3-7(5-10)8(9)4-6;8-7(9)6-4-2-1-3-5-6;/h2,7-8,23H,1,3-6,17H2,(H,25,26,27)(H2,18,19,20,21,22);2-5H,9H2,1H3;1-5H,(H3,8,9);. The summed E-state index contributed by atoms with van der Waals surface area (Å²) in [5, 5.41) is 22.1. The number of nitrogens with one attached hydrogen (secondary N) is 3. The quantitative estimate of drug-likeness (QED) is 0.0105. The molecule has 4 rings (SSSR count). The van der Waals surface area contributed by atoms with Gasteiger partial charge in [0.1, 0.15) is 5.84 Å². The van der Waals surface area contributed by atoms with Crippen LogP contribution in [0.5, 0.6) is 5.75 Å². The number of hydrogen-bond acceptors (Lipinski definition) is 15. The van der Waals surface area contributed by atoms with Crippen LogP contribution in [-0.2, 0) is 47.2 Å². The van der Waals surface area contributed by atoms with Crippen molar-refractivity contribution >= 4 is 62.3 Å². The van der Waals surface area contributed by atoms with Gasteiger partial charge in [0.2, 0.25) is 23.0 Å². The fourth-order valence-electron chi connectivity index (χ4n) is 3.49. The maximum atomic E-state index is 13.7. The third kappa shape index (κ3) is 15.9. The zero-order chi connectivity index (χ0) is 37.3. The van der Waals surface area contributed by atoms with Crippen molar-refractivity contribution in [2.24, 2.45) is 5.73 Å². The predicted octanol–water partition coefficient (Wildman–Crippen LogP) is 2.90. The van der Waals surface area contributed by atoms with E-state index in [9.17, 15) is 26.9 Å². The average molecular weight is 797 g/mol. The molecule has 17 nitrogen and oxygen atoms in total. The minimum absolute atomic E-state index is 0. The van der Waals surface area contributed by atoms with Gasteiger partial charge in [0, 0.05) is 40.4 Å². The van der Waals surface area contributed by atoms with Gasteiger partial charge in [-0.25, -0.2) is 4.21 Å². The van der Waals surface area contributed by atoms with Gasteiger partial charge in [0.15, 0.2) is 12.0 Å². The number of hydrogen-bond donors (Lipinski definition) is 8. The minimum atomic E-state index is -4.62. The third-order valence-corrected chi connectivity index (χ3v) is 7.50. The summed E-state index contributed by atoms with van der Waals surface area (Å²) in [6.07, 6.45) is 0.650. The van der Waals surface area contributed by atoms with Gasteiger partial charge >= 0.3 is 6.08 Å². The van der Waals surface area contributed by atoms with E-state index in [0.717, 1.165) is 35.8 Å². The Balaban J connectivity index is 0.000000525. The smallest absolute Gasteiger partial charge is 0.315 e. The molecule has 0 aliphatic heterocycles. The van der Waals surface area contributed by atoms with E-state index >= 15 is 0 Å². The van der Waals surface area contributed by atoms with Crippen LogP contribution in [0.4, 0.5) is 33.3 Å². The van der Waals surface area contributed by atoms with Crippen LogP contribution in [-0.4, -0.2) is 74.9 Å². The Morgan fingerprint density at radius 3 is 2.29 bits per heavy atom. The van der Waals surface area contributed by atoms with E-state index in [1.807, 2.05) is 43.3 Å². The Hall–Kier alpha value is -5.18. The maximum absolute atomic E-state index is 13.7. The number of aryl methyl sites for hydroxylation is 1. The first-order chi connectivity index (χ1) is 23.6. The molecule has 11 N–H and O–H groups in total. The predicted molar refractivity (Wildman–Crippen MR) is 187 cm³/mol. The van der Waals surface area contributed by atoms with Gasteiger partial charge in [-0.1, -0.05) is 43.0 Å². The van der Waals surface area contributed by atoms with E-state index < -0.39 is 37.9 Å². The van der Waals surface area contributed by atoms with Crippen molar-refractivity contribution in [1.82, 2.24) is 15.0 Å². The van der Waals surface area contributed by atoms with E-state index in [2.05, 4.69) is 36.3 Å². The van der Waals surface area contributed by atoms with Crippen molar-refractivity contribution in [3.63, 3.8) is 0 Å². The second-order valence-electron chi connectivity index (χ2n) is 9.60. The van der Waals surface area contributed by atoms with Crippen LogP contribution in [0.2, 0.25) is 0 Å². The number of aromatic nitrogens is 3. The summed E-state index contributed by atoms with van der Waals surface area (Å²) >= 11 is -1.54. The molecular formula is C30H36CuFN9O8S2. The number of aromatic hydroxyl groups is 1. The zero-order valence-electron chi connectivity index (χ0n) is 26.9. The monoisotopic (exact) mass is 796 g/mol. The molecule has 0 amide bonds. The summed E-state index contributed by atoms with van der Waals surface area (Å²) in [5.41, 5.74) is 18.5. The Kier molecular flexibility index (Phi) is 18.7. The van der Waals surface area contributed by atoms with Crippen LogP contribution in [0, 0.1) is 18.4 Å². The molecule has 0 saturated heterocycles. The van der Waals surface area contributed by atoms with Gasteiger partial charge in [-0.05, 0) is 36.8 Å². The van der Waals surface area contributed by atoms with Crippen LogP contribution < -0.4 is 27.8 Å². The Bertz CT molecular complexity index is 1910. The largest absolute Gasteiger partial charge is 0.504 e. The number of carbonyl (C=O) groups is 1. The number of anilines is 5. The first-order valence-electron chi connectivity index (χ1n) is 14.1. The van der Waals surface area contributed by atoms with Gasteiger partial charge in [0.25, 0.3) is 10.1 Å². The molecule has 4 aromatic rings. The summed E-state index contributed by atoms with van der Waals surface area (Å²) in [7, 11) is -4.62. The number of ether oxygens (including phenoxy) is 1. The molecule has 3 aromatic carbocycles. The van der Waals surface area contributed by atoms with Gasteiger partial charge in [0.05, 0.1) is 41.5 Å². The molecule has 0 aliphatic carbocycles. The van der Waals surface area contributed by atoms with Crippen molar-refractivity contribution in [3.8, 4) is 5.75 Å². The van der Waals surface area contributed by atoms with Crippen molar-refractivity contribution < 1.29 is 57.5 Å². The summed E-state index contributed by atoms with van der Waals surface area (Å²) in [6, 6.07) is 16.3. The first-order valence-corrected chi connectivity index (χ1v) is 16.8. The number of rotatable bonds is 14. The molecule has 21 heteroatoms. The number of nitrogens with zero attached hydrogens (tertiary/aromatic N) is 3. The molecule has 51 heavy (non-hydrogen) atoms. The van der Waals surface area contributed by atoms with Crippen LogP contribution >= 0.6 is 0 Å². The van der Waals surface area contributed by atoms with E-state index in [4.69, 9.17) is 31.9 Å². The topological polar surface area (TPSA) is 292 Å². The molecule has 1 heterocycles. The molecule has 279 valence electrons. The summed E-state index contributed by atoms with van der Waals surface area (Å²) in [6.45, 7) is 5.67. The normalized spacial score (nSPS) is 10.8. The summed E-state index contributed by atoms with van der Waals surface area (Å²) in [4.78, 5) is 20.4. The molecule has 1 aromatic heterocycles. The van der Waals surface area contributed by atoms with Gasteiger partial charge in [-0.2, -0.15) is 27.8 Å². The van der Waals surface area contributed by atoms with E-state index in [-0.39, 0.29) is 71.7 Å². The molecule has 0 aliphatic rings. The molecule has 1 unspecified atom stereocenters. The minimum Gasteiger partial charge on any atom is -0.504 e. The van der Waals surface area contributed by atoms with Crippen LogP contribution in [0.15, 0.2) is 78.4 Å². The van der Waals surface area contributed by atoms with E-state index in [1.165, 1.54) is 0 Å². The number of phenols is 1. The van der Waals surface area contributed by atoms with Crippen LogP contribution in [0.1, 0.15) is 21.5 Å². The number of nitrogens with two attached hydrogens (primary N) is 3. The number of nitrogen functional groups attached to an aromatic ring is 3. The number of phenolic OH excluding ortho intramolecular Hbond substituents is 1. The SMILES string of the molecule is C=COS(=O)CCOCCNc1nc(F)nc(Nc2cc(S(=O)(=O)O)cc(N)c2O)n1.Cc1ccc(C=O)c(N)c1.N=C(N)c1ccccc1.[Cu]. The summed E-state index contributed by atoms with van der Waals surface area (Å²) < 4.78 is 66.6. The molecule has 0 fully saturated rings. The fraction of sp³-hybridized carbons (Fsp3) is 0.167. The molecular weight excluding hydrogens is 761 g/mol. The Labute approximate surface area is 306 Å². The second kappa shape index (κ2) is 21.8. The zero-order valence-corrected chi connectivity index (χ0v) is 29.5. The molecule has 0 saturated carbocycles. The van der Waals surface area contributed by atoms with E-state index in [0.29, 0.717) is 11.3 Å². The molecule has 0 bridgehead atoms. The van der Waals surface area contributed by atoms with Crippen molar-refractivity contribution in [2.45, 2.75) is 11.8 Å². The number of carbonyl (C=O) groups excluding carboxylic acids is 1. The van der Waals surface area contributed by atoms with Crippen LogP contribution in [0.25, 0.3) is 0 Å². The fourth-order valence-corrected chi connectivity index (χ4v) is 4.53. The van der Waals surface area contributed by atoms with Crippen molar-refractivity contribution in [2.75, 3.05) is 47.6 Å². The van der Waals surface area contributed by atoms with Gasteiger partial charge < -0.3 is 41.9 Å². The number of halogens is 1. The van der Waals surface area contributed by atoms with Crippen LogP contribution in [0.3, 0.4) is 0 Å². The number of aldehydes is 1. The summed E-state index contributed by atoms with van der Waals surface area (Å²) in [5.74, 6) is -0.870.